The average Bonchev–Trinajstić information content (AvgIpc) is 3.04. The first-order chi connectivity index (χ1) is 12.7. The third-order valence-corrected chi connectivity index (χ3v) is 5.86. The number of nitrogens with zero attached hydrogens (tertiary/aromatic N) is 4. The minimum atomic E-state index is -0.0381. The molecule has 4 rings (SSSR count). The molecule has 26 heavy (non-hydrogen) atoms. The topological polar surface area (TPSA) is 72.5 Å². The molecule has 0 aliphatic carbocycles. The van der Waals surface area contributed by atoms with Gasteiger partial charge in [0.2, 0.25) is 11.9 Å². The van der Waals surface area contributed by atoms with Crippen LogP contribution in [0.1, 0.15) is 49.8 Å². The van der Waals surface area contributed by atoms with Crippen LogP contribution in [0.3, 0.4) is 0 Å². The lowest BCUT2D eigenvalue weighted by Gasteiger charge is -2.30. The van der Waals surface area contributed by atoms with Crippen LogP contribution in [0.2, 0.25) is 0 Å². The number of carbonyl (C=O) groups is 1. The smallest absolute Gasteiger partial charge is 0.257 e. The van der Waals surface area contributed by atoms with Gasteiger partial charge < -0.3 is 9.80 Å². The zero-order chi connectivity index (χ0) is 17.9. The van der Waals surface area contributed by atoms with Crippen LogP contribution >= 0.6 is 0 Å². The Morgan fingerprint density at radius 2 is 1.65 bits per heavy atom. The van der Waals surface area contributed by atoms with E-state index in [2.05, 4.69) is 14.8 Å². The van der Waals surface area contributed by atoms with Crippen molar-refractivity contribution in [3.63, 3.8) is 0 Å². The second-order valence-electron chi connectivity index (χ2n) is 7.76. The Labute approximate surface area is 154 Å². The Balaban J connectivity index is 1.42. The average molecular weight is 359 g/mol. The molecular weight excluding hydrogens is 330 g/mol. The zero-order valence-corrected chi connectivity index (χ0v) is 15.5. The summed E-state index contributed by atoms with van der Waals surface area (Å²) in [6.07, 6.45) is 7.73. The Morgan fingerprint density at radius 3 is 2.38 bits per heavy atom. The minimum Gasteiger partial charge on any atom is -0.342 e. The van der Waals surface area contributed by atoms with Gasteiger partial charge in [0, 0.05) is 45.7 Å². The van der Waals surface area contributed by atoms with E-state index in [1.54, 1.807) is 0 Å². The summed E-state index contributed by atoms with van der Waals surface area (Å²) in [4.78, 5) is 39.1. The third kappa shape index (κ3) is 3.77. The summed E-state index contributed by atoms with van der Waals surface area (Å²) in [7, 11) is 0. The van der Waals surface area contributed by atoms with Gasteiger partial charge in [-0.25, -0.2) is 4.98 Å². The van der Waals surface area contributed by atoms with Crippen molar-refractivity contribution in [3.8, 4) is 0 Å². The number of rotatable bonds is 3. The monoisotopic (exact) mass is 359 g/mol. The first kappa shape index (κ1) is 17.5. The number of nitrogens with one attached hydrogen (secondary N) is 1. The normalized spacial score (nSPS) is 21.5. The molecule has 0 saturated carbocycles. The highest BCUT2D eigenvalue weighted by molar-refractivity contribution is 5.78. The molecule has 1 aromatic heterocycles. The number of likely N-dealkylation sites (tertiary alicyclic amines) is 1. The molecule has 7 nitrogen and oxygen atoms in total. The van der Waals surface area contributed by atoms with Gasteiger partial charge in [-0.3, -0.25) is 19.5 Å². The number of aromatic nitrogens is 2. The molecule has 7 heteroatoms. The summed E-state index contributed by atoms with van der Waals surface area (Å²) in [5.74, 6) is 0.925. The number of hydrogen-bond donors (Lipinski definition) is 1. The number of fused-ring (bicyclic) bond motifs is 1. The summed E-state index contributed by atoms with van der Waals surface area (Å²) in [5, 5.41) is 0. The molecule has 0 bridgehead atoms. The molecule has 1 amide bonds. The molecule has 0 atom stereocenters. The van der Waals surface area contributed by atoms with Crippen molar-refractivity contribution in [2.45, 2.75) is 51.5 Å². The summed E-state index contributed by atoms with van der Waals surface area (Å²) in [6.45, 7) is 5.43. The summed E-state index contributed by atoms with van der Waals surface area (Å²) in [6, 6.07) is 0. The summed E-state index contributed by atoms with van der Waals surface area (Å²) < 4.78 is 0. The van der Waals surface area contributed by atoms with Crippen molar-refractivity contribution in [1.29, 1.82) is 0 Å². The molecule has 1 aromatic rings. The molecule has 142 valence electrons. The van der Waals surface area contributed by atoms with Crippen molar-refractivity contribution in [2.75, 3.05) is 44.2 Å². The van der Waals surface area contributed by atoms with Crippen molar-refractivity contribution in [1.82, 2.24) is 19.8 Å². The van der Waals surface area contributed by atoms with E-state index in [1.165, 1.54) is 12.8 Å². The van der Waals surface area contributed by atoms with E-state index in [-0.39, 0.29) is 11.5 Å². The van der Waals surface area contributed by atoms with Gasteiger partial charge in [0.25, 0.3) is 5.56 Å². The SMILES string of the molecule is O=C(CN1CCc2nc(N3CCCC3)[nH]c(=O)c2C1)N1CCCCCC1. The Bertz CT molecular complexity index is 702. The van der Waals surface area contributed by atoms with Crippen molar-refractivity contribution >= 4 is 11.9 Å². The first-order valence-corrected chi connectivity index (χ1v) is 10.1. The van der Waals surface area contributed by atoms with Crippen LogP contribution in [-0.2, 0) is 17.8 Å². The molecule has 1 N–H and O–H groups in total. The fourth-order valence-corrected chi connectivity index (χ4v) is 4.29. The molecule has 2 saturated heterocycles. The Kier molecular flexibility index (Phi) is 5.24. The molecule has 2 fully saturated rings. The molecule has 4 heterocycles. The number of anilines is 1. The highest BCUT2D eigenvalue weighted by Gasteiger charge is 2.26. The fraction of sp³-hybridized carbons (Fsp3) is 0.737. The maximum atomic E-state index is 12.6. The molecule has 0 unspecified atom stereocenters. The number of aromatic amines is 1. The van der Waals surface area contributed by atoms with E-state index >= 15 is 0 Å². The van der Waals surface area contributed by atoms with Gasteiger partial charge in [-0.2, -0.15) is 0 Å². The third-order valence-electron chi connectivity index (χ3n) is 5.86. The number of H-pyrrole nitrogens is 1. The Morgan fingerprint density at radius 1 is 0.962 bits per heavy atom. The number of hydrogen-bond acceptors (Lipinski definition) is 5. The second kappa shape index (κ2) is 7.78. The van der Waals surface area contributed by atoms with Gasteiger partial charge in [-0.1, -0.05) is 12.8 Å². The molecule has 3 aliphatic rings. The van der Waals surface area contributed by atoms with Gasteiger partial charge in [0.15, 0.2) is 0 Å². The summed E-state index contributed by atoms with van der Waals surface area (Å²) >= 11 is 0. The first-order valence-electron chi connectivity index (χ1n) is 10.1. The quantitative estimate of drug-likeness (QED) is 0.876. The van der Waals surface area contributed by atoms with E-state index < -0.39 is 0 Å². The predicted molar refractivity (Wildman–Crippen MR) is 100 cm³/mol. The van der Waals surface area contributed by atoms with E-state index in [0.717, 1.165) is 82.0 Å². The highest BCUT2D eigenvalue weighted by atomic mass is 16.2. The standard InChI is InChI=1S/C19H29N5O2/c25-17(23-8-3-1-2-4-9-23)14-22-12-7-16-15(13-22)18(26)21-19(20-16)24-10-5-6-11-24/h1-14H2,(H,20,21,26). The molecule has 0 aromatic carbocycles. The van der Waals surface area contributed by atoms with Gasteiger partial charge in [-0.05, 0) is 25.7 Å². The maximum Gasteiger partial charge on any atom is 0.257 e. The van der Waals surface area contributed by atoms with Gasteiger partial charge >= 0.3 is 0 Å². The maximum absolute atomic E-state index is 12.6. The molecule has 0 spiro atoms. The van der Waals surface area contributed by atoms with Crippen LogP contribution < -0.4 is 10.5 Å². The Hall–Kier alpha value is -1.89. The molecule has 3 aliphatic heterocycles. The van der Waals surface area contributed by atoms with E-state index in [1.807, 2.05) is 4.90 Å². The highest BCUT2D eigenvalue weighted by Crippen LogP contribution is 2.19. The van der Waals surface area contributed by atoms with Gasteiger partial charge in [-0.15, -0.1) is 0 Å². The lowest BCUT2D eigenvalue weighted by atomic mass is 10.1. The van der Waals surface area contributed by atoms with Crippen LogP contribution in [0, 0.1) is 0 Å². The largest absolute Gasteiger partial charge is 0.342 e. The lowest BCUT2D eigenvalue weighted by molar-refractivity contribution is -0.132. The predicted octanol–water partition coefficient (Wildman–Crippen LogP) is 1.13. The number of carbonyl (C=O) groups excluding carboxylic acids is 1. The fourth-order valence-electron chi connectivity index (χ4n) is 4.29. The van der Waals surface area contributed by atoms with Crippen LogP contribution in [-0.4, -0.2) is 64.9 Å². The minimum absolute atomic E-state index is 0.0381. The second-order valence-corrected chi connectivity index (χ2v) is 7.76. The van der Waals surface area contributed by atoms with E-state index in [4.69, 9.17) is 4.98 Å². The van der Waals surface area contributed by atoms with E-state index in [9.17, 15) is 9.59 Å². The van der Waals surface area contributed by atoms with Crippen LogP contribution in [0.25, 0.3) is 0 Å². The van der Waals surface area contributed by atoms with Crippen LogP contribution in [0.5, 0.6) is 0 Å². The van der Waals surface area contributed by atoms with Crippen molar-refractivity contribution in [2.24, 2.45) is 0 Å². The van der Waals surface area contributed by atoms with Crippen molar-refractivity contribution < 1.29 is 4.79 Å². The molecule has 0 radical (unpaired) electrons. The molecular formula is C19H29N5O2. The lowest BCUT2D eigenvalue weighted by Crippen LogP contribution is -2.44. The van der Waals surface area contributed by atoms with Gasteiger partial charge in [0.1, 0.15) is 0 Å². The van der Waals surface area contributed by atoms with Crippen LogP contribution in [0.15, 0.2) is 4.79 Å². The van der Waals surface area contributed by atoms with Crippen molar-refractivity contribution in [3.05, 3.63) is 21.6 Å². The summed E-state index contributed by atoms with van der Waals surface area (Å²) in [5.41, 5.74) is 1.61. The van der Waals surface area contributed by atoms with Crippen LogP contribution in [0.4, 0.5) is 5.95 Å². The number of amides is 1. The zero-order valence-electron chi connectivity index (χ0n) is 15.5. The van der Waals surface area contributed by atoms with Gasteiger partial charge in [0.05, 0.1) is 17.8 Å². The van der Waals surface area contributed by atoms with E-state index in [0.29, 0.717) is 13.1 Å².